The molecule has 0 aromatic heterocycles. The van der Waals surface area contributed by atoms with E-state index < -0.39 is 16.1 Å². The van der Waals surface area contributed by atoms with E-state index in [9.17, 15) is 13.2 Å². The molecule has 1 atom stereocenters. The molecule has 0 heterocycles. The van der Waals surface area contributed by atoms with Gasteiger partial charge in [0.05, 0.1) is 23.8 Å². The van der Waals surface area contributed by atoms with Gasteiger partial charge in [-0.15, -0.1) is 11.8 Å². The maximum absolute atomic E-state index is 13.1. The van der Waals surface area contributed by atoms with Crippen LogP contribution in [0.15, 0.2) is 46.2 Å². The zero-order valence-electron chi connectivity index (χ0n) is 19.4. The fourth-order valence-corrected chi connectivity index (χ4v) is 4.73. The fraction of sp³-hybridized carbons (Fsp3) is 0.435. The molecule has 0 aliphatic carbocycles. The second kappa shape index (κ2) is 11.6. The van der Waals surface area contributed by atoms with Crippen LogP contribution in [0.3, 0.4) is 0 Å². The fourth-order valence-electron chi connectivity index (χ4n) is 2.93. The topological polar surface area (TPSA) is 93.7 Å². The van der Waals surface area contributed by atoms with Crippen LogP contribution in [0.1, 0.15) is 46.2 Å². The van der Waals surface area contributed by atoms with Gasteiger partial charge in [-0.1, -0.05) is 19.9 Å². The number of carbonyl (C=O) groups is 1. The number of carbonyl (C=O) groups excluding carboxylic acids is 1. The van der Waals surface area contributed by atoms with Gasteiger partial charge in [0.2, 0.25) is 15.9 Å². The summed E-state index contributed by atoms with van der Waals surface area (Å²) >= 11 is 1.43. The van der Waals surface area contributed by atoms with E-state index >= 15 is 0 Å². The summed E-state index contributed by atoms with van der Waals surface area (Å²) in [6, 6.07) is 9.59. The van der Waals surface area contributed by atoms with Gasteiger partial charge in [0.1, 0.15) is 0 Å². The highest BCUT2D eigenvalue weighted by Gasteiger charge is 2.21. The first kappa shape index (κ1) is 26.0. The van der Waals surface area contributed by atoms with Gasteiger partial charge in [-0.3, -0.25) is 4.79 Å². The Morgan fingerprint density at radius 1 is 1.00 bits per heavy atom. The molecule has 1 amide bonds. The van der Waals surface area contributed by atoms with Gasteiger partial charge in [-0.2, -0.15) is 0 Å². The molecule has 1 unspecified atom stereocenters. The Bertz CT molecular complexity index is 1040. The minimum atomic E-state index is -3.84. The Morgan fingerprint density at radius 3 is 2.25 bits per heavy atom. The maximum atomic E-state index is 13.1. The second-order valence-corrected chi connectivity index (χ2v) is 9.98. The van der Waals surface area contributed by atoms with Crippen LogP contribution in [0.2, 0.25) is 0 Å². The third kappa shape index (κ3) is 6.63. The molecule has 0 bridgehead atoms. The van der Waals surface area contributed by atoms with Crippen LogP contribution in [0.5, 0.6) is 11.5 Å². The number of amides is 1. The minimum Gasteiger partial charge on any atom is -0.490 e. The van der Waals surface area contributed by atoms with Gasteiger partial charge in [0.25, 0.3) is 0 Å². The molecule has 2 N–H and O–H groups in total. The predicted molar refractivity (Wildman–Crippen MR) is 129 cm³/mol. The SMILES string of the molecule is CCOc1ccc(C(C)NS(=O)(=O)c2ccc(SC)c(NC(=O)C(C)C)c2)cc1OCC. The van der Waals surface area contributed by atoms with E-state index in [1.165, 1.54) is 23.9 Å². The van der Waals surface area contributed by atoms with Gasteiger partial charge < -0.3 is 14.8 Å². The first-order chi connectivity index (χ1) is 15.1. The van der Waals surface area contributed by atoms with E-state index in [-0.39, 0.29) is 16.7 Å². The number of rotatable bonds is 11. The second-order valence-electron chi connectivity index (χ2n) is 7.42. The lowest BCUT2D eigenvalue weighted by Gasteiger charge is -2.18. The van der Waals surface area contributed by atoms with Crippen molar-refractivity contribution in [1.82, 2.24) is 4.72 Å². The lowest BCUT2D eigenvalue weighted by atomic mass is 10.1. The van der Waals surface area contributed by atoms with Gasteiger partial charge in [0.15, 0.2) is 11.5 Å². The van der Waals surface area contributed by atoms with E-state index in [4.69, 9.17) is 9.47 Å². The van der Waals surface area contributed by atoms with Crippen molar-refractivity contribution in [2.75, 3.05) is 24.8 Å². The first-order valence-electron chi connectivity index (χ1n) is 10.5. The molecule has 9 heteroatoms. The summed E-state index contributed by atoms with van der Waals surface area (Å²) in [6.45, 7) is 10.1. The third-order valence-electron chi connectivity index (χ3n) is 4.66. The zero-order valence-corrected chi connectivity index (χ0v) is 21.0. The van der Waals surface area contributed by atoms with Crippen molar-refractivity contribution in [2.24, 2.45) is 5.92 Å². The average molecular weight is 481 g/mol. The highest BCUT2D eigenvalue weighted by molar-refractivity contribution is 7.98. The van der Waals surface area contributed by atoms with Crippen LogP contribution >= 0.6 is 11.8 Å². The number of sulfonamides is 1. The molecule has 2 rings (SSSR count). The van der Waals surface area contributed by atoms with E-state index in [1.807, 2.05) is 26.2 Å². The quantitative estimate of drug-likeness (QED) is 0.447. The summed E-state index contributed by atoms with van der Waals surface area (Å²) < 4.78 is 40.1. The standard InChI is InChI=1S/C23H32N2O5S2/c1-7-29-20-11-9-17(13-21(20)30-8-2)16(5)25-32(27,28)18-10-12-22(31-6)19(14-18)24-23(26)15(3)4/h9-16,25H,7-8H2,1-6H3,(H,24,26). The number of anilines is 1. The first-order valence-corrected chi connectivity index (χ1v) is 13.2. The van der Waals surface area contributed by atoms with Crippen LogP contribution in [-0.2, 0) is 14.8 Å². The van der Waals surface area contributed by atoms with Crippen molar-refractivity contribution in [3.63, 3.8) is 0 Å². The summed E-state index contributed by atoms with van der Waals surface area (Å²) in [7, 11) is -3.84. The summed E-state index contributed by atoms with van der Waals surface area (Å²) in [5.74, 6) is 0.795. The van der Waals surface area contributed by atoms with Gasteiger partial charge in [0, 0.05) is 16.9 Å². The lowest BCUT2D eigenvalue weighted by Crippen LogP contribution is -2.27. The lowest BCUT2D eigenvalue weighted by molar-refractivity contribution is -0.118. The Kier molecular flexibility index (Phi) is 9.42. The summed E-state index contributed by atoms with van der Waals surface area (Å²) in [4.78, 5) is 13.0. The molecule has 0 saturated heterocycles. The van der Waals surface area contributed by atoms with Crippen LogP contribution in [0.25, 0.3) is 0 Å². The molecule has 0 saturated carbocycles. The molecular formula is C23H32N2O5S2. The number of nitrogens with one attached hydrogen (secondary N) is 2. The van der Waals surface area contributed by atoms with Crippen LogP contribution in [-0.4, -0.2) is 33.8 Å². The number of hydrogen-bond acceptors (Lipinski definition) is 6. The molecule has 176 valence electrons. The minimum absolute atomic E-state index is 0.0807. The zero-order chi connectivity index (χ0) is 23.9. The van der Waals surface area contributed by atoms with Crippen LogP contribution in [0.4, 0.5) is 5.69 Å². The van der Waals surface area contributed by atoms with Crippen molar-refractivity contribution in [2.45, 2.75) is 50.5 Å². The van der Waals surface area contributed by atoms with Crippen molar-refractivity contribution in [3.05, 3.63) is 42.0 Å². The molecule has 0 fully saturated rings. The average Bonchev–Trinajstić information content (AvgIpc) is 2.74. The summed E-state index contributed by atoms with van der Waals surface area (Å²) in [6.07, 6.45) is 1.87. The Hall–Kier alpha value is -2.23. The summed E-state index contributed by atoms with van der Waals surface area (Å²) in [5, 5.41) is 2.82. The van der Waals surface area contributed by atoms with Gasteiger partial charge >= 0.3 is 0 Å². The molecule has 2 aromatic carbocycles. The van der Waals surface area contributed by atoms with E-state index in [0.29, 0.717) is 30.4 Å². The third-order valence-corrected chi connectivity index (χ3v) is 7.00. The smallest absolute Gasteiger partial charge is 0.241 e. The monoisotopic (exact) mass is 480 g/mol. The van der Waals surface area contributed by atoms with Crippen LogP contribution < -0.4 is 19.5 Å². The highest BCUT2D eigenvalue weighted by Crippen LogP contribution is 2.32. The Morgan fingerprint density at radius 2 is 1.66 bits per heavy atom. The van der Waals surface area contributed by atoms with Crippen molar-refractivity contribution in [3.8, 4) is 11.5 Å². The Labute approximate surface area is 195 Å². The number of benzene rings is 2. The molecule has 2 aromatic rings. The van der Waals surface area contributed by atoms with E-state index in [0.717, 1.165) is 10.5 Å². The molecule has 0 radical (unpaired) electrons. The molecule has 32 heavy (non-hydrogen) atoms. The van der Waals surface area contributed by atoms with Crippen molar-refractivity contribution < 1.29 is 22.7 Å². The molecule has 0 aliphatic heterocycles. The van der Waals surface area contributed by atoms with Crippen molar-refractivity contribution >= 4 is 33.4 Å². The predicted octanol–water partition coefficient (Wildman–Crippen LogP) is 4.84. The molecule has 0 spiro atoms. The van der Waals surface area contributed by atoms with Crippen LogP contribution in [0, 0.1) is 5.92 Å². The number of ether oxygens (including phenoxy) is 2. The molecule has 7 nitrogen and oxygen atoms in total. The van der Waals surface area contributed by atoms with Crippen molar-refractivity contribution in [1.29, 1.82) is 0 Å². The molecule has 0 aliphatic rings. The molecular weight excluding hydrogens is 448 g/mol. The number of hydrogen-bond donors (Lipinski definition) is 2. The number of thioether (sulfide) groups is 1. The highest BCUT2D eigenvalue weighted by atomic mass is 32.2. The van der Waals surface area contributed by atoms with Gasteiger partial charge in [-0.05, 0) is 62.9 Å². The largest absolute Gasteiger partial charge is 0.490 e. The summed E-state index contributed by atoms with van der Waals surface area (Å²) in [5.41, 5.74) is 1.22. The Balaban J connectivity index is 2.30. The van der Waals surface area contributed by atoms with E-state index in [1.54, 1.807) is 39.0 Å². The van der Waals surface area contributed by atoms with E-state index in [2.05, 4.69) is 10.0 Å². The van der Waals surface area contributed by atoms with Gasteiger partial charge in [-0.25, -0.2) is 13.1 Å². The maximum Gasteiger partial charge on any atom is 0.241 e. The normalized spacial score (nSPS) is 12.5.